The van der Waals surface area contributed by atoms with Gasteiger partial charge in [0.05, 0.1) is 12.8 Å². The lowest BCUT2D eigenvalue weighted by Crippen LogP contribution is -2.58. The molecule has 0 N–H and O–H groups in total. The van der Waals surface area contributed by atoms with Gasteiger partial charge in [-0.15, -0.1) is 11.3 Å². The monoisotopic (exact) mass is 358 g/mol. The fraction of sp³-hybridized carbons (Fsp3) is 0.474. The van der Waals surface area contributed by atoms with Crippen molar-refractivity contribution in [3.05, 3.63) is 46.5 Å². The van der Waals surface area contributed by atoms with Crippen molar-refractivity contribution < 1.29 is 14.0 Å². The largest absolute Gasteiger partial charge is 0.467 e. The first kappa shape index (κ1) is 16.4. The third kappa shape index (κ3) is 3.23. The average Bonchev–Trinajstić information content (AvgIpc) is 3.33. The highest BCUT2D eigenvalue weighted by molar-refractivity contribution is 7.10. The number of carbonyl (C=O) groups is 2. The number of rotatable bonds is 4. The molecule has 1 saturated carbocycles. The van der Waals surface area contributed by atoms with Crippen LogP contribution >= 0.6 is 11.3 Å². The van der Waals surface area contributed by atoms with Crippen LogP contribution in [-0.2, 0) is 16.1 Å². The molecule has 2 aliphatic rings. The molecule has 132 valence electrons. The zero-order chi connectivity index (χ0) is 17.2. The quantitative estimate of drug-likeness (QED) is 0.839. The van der Waals surface area contributed by atoms with Crippen LogP contribution in [0.25, 0.3) is 0 Å². The van der Waals surface area contributed by atoms with Crippen molar-refractivity contribution in [3.8, 4) is 0 Å². The molecule has 1 aliphatic heterocycles. The van der Waals surface area contributed by atoms with E-state index in [0.29, 0.717) is 12.3 Å². The summed E-state index contributed by atoms with van der Waals surface area (Å²) in [6, 6.07) is 7.20. The Labute approximate surface area is 151 Å². The van der Waals surface area contributed by atoms with Crippen LogP contribution in [0.4, 0.5) is 0 Å². The van der Waals surface area contributed by atoms with Gasteiger partial charge in [-0.3, -0.25) is 9.59 Å². The van der Waals surface area contributed by atoms with Crippen LogP contribution in [0.5, 0.6) is 0 Å². The summed E-state index contributed by atoms with van der Waals surface area (Å²) in [6.07, 6.45) is 7.12. The van der Waals surface area contributed by atoms with Gasteiger partial charge in [-0.25, -0.2) is 0 Å². The molecule has 1 atom stereocenters. The maximum Gasteiger partial charge on any atom is 0.251 e. The molecule has 2 amide bonds. The van der Waals surface area contributed by atoms with Crippen molar-refractivity contribution in [1.29, 1.82) is 0 Å². The number of thiophene rings is 1. The van der Waals surface area contributed by atoms with Gasteiger partial charge < -0.3 is 14.2 Å². The Kier molecular flexibility index (Phi) is 4.61. The Morgan fingerprint density at radius 1 is 1.12 bits per heavy atom. The molecule has 4 rings (SSSR count). The normalized spacial score (nSPS) is 22.6. The molecule has 0 spiro atoms. The standard InChI is InChI=1S/C19H22N2O3S/c22-17-13-20(14-6-2-1-3-7-14)19(23)18(16-9-5-11-25-16)21(17)12-15-8-4-10-24-15/h4-5,8-11,14,18H,1-3,6-7,12-13H2/t18-/m0/s1. The molecular weight excluding hydrogens is 336 g/mol. The van der Waals surface area contributed by atoms with Crippen molar-refractivity contribution in [3.63, 3.8) is 0 Å². The molecule has 0 unspecified atom stereocenters. The topological polar surface area (TPSA) is 53.8 Å². The Bertz CT molecular complexity index is 720. The molecule has 3 heterocycles. The molecule has 0 aromatic carbocycles. The van der Waals surface area contributed by atoms with Gasteiger partial charge in [0.25, 0.3) is 5.91 Å². The molecule has 2 aromatic rings. The Morgan fingerprint density at radius 3 is 2.64 bits per heavy atom. The first-order valence-electron chi connectivity index (χ1n) is 8.90. The lowest BCUT2D eigenvalue weighted by molar-refractivity contribution is -0.160. The number of furan rings is 1. The van der Waals surface area contributed by atoms with Crippen molar-refractivity contribution in [2.45, 2.75) is 50.7 Å². The summed E-state index contributed by atoms with van der Waals surface area (Å²) in [6.45, 7) is 0.519. The molecule has 2 fully saturated rings. The van der Waals surface area contributed by atoms with Crippen LogP contribution in [0.2, 0.25) is 0 Å². The summed E-state index contributed by atoms with van der Waals surface area (Å²) in [5.41, 5.74) is 0. The summed E-state index contributed by atoms with van der Waals surface area (Å²) in [7, 11) is 0. The summed E-state index contributed by atoms with van der Waals surface area (Å²) in [4.78, 5) is 30.7. The number of hydrogen-bond acceptors (Lipinski definition) is 4. The highest BCUT2D eigenvalue weighted by Gasteiger charge is 2.43. The van der Waals surface area contributed by atoms with E-state index in [1.165, 1.54) is 17.8 Å². The Balaban J connectivity index is 1.63. The highest BCUT2D eigenvalue weighted by Crippen LogP contribution is 2.35. The van der Waals surface area contributed by atoms with Crippen molar-refractivity contribution >= 4 is 23.2 Å². The second kappa shape index (κ2) is 7.04. The molecular formula is C19H22N2O3S. The first-order valence-corrected chi connectivity index (χ1v) is 9.78. The van der Waals surface area contributed by atoms with E-state index in [9.17, 15) is 9.59 Å². The van der Waals surface area contributed by atoms with Gasteiger partial charge in [0.15, 0.2) is 0 Å². The van der Waals surface area contributed by atoms with Crippen LogP contribution in [0, 0.1) is 0 Å². The third-order valence-corrected chi connectivity index (χ3v) is 6.11. The number of piperazine rings is 1. The second-order valence-electron chi connectivity index (χ2n) is 6.78. The van der Waals surface area contributed by atoms with Gasteiger partial charge in [-0.05, 0) is 36.4 Å². The highest BCUT2D eigenvalue weighted by atomic mass is 32.1. The average molecular weight is 358 g/mol. The van der Waals surface area contributed by atoms with E-state index >= 15 is 0 Å². The number of amides is 2. The van der Waals surface area contributed by atoms with Gasteiger partial charge in [-0.1, -0.05) is 25.3 Å². The fourth-order valence-corrected chi connectivity index (χ4v) is 4.75. The van der Waals surface area contributed by atoms with Gasteiger partial charge in [0, 0.05) is 10.9 Å². The van der Waals surface area contributed by atoms with Crippen molar-refractivity contribution in [1.82, 2.24) is 9.80 Å². The predicted molar refractivity (Wildman–Crippen MR) is 94.9 cm³/mol. The zero-order valence-electron chi connectivity index (χ0n) is 14.1. The van der Waals surface area contributed by atoms with E-state index in [1.807, 2.05) is 28.5 Å². The van der Waals surface area contributed by atoms with Gasteiger partial charge in [0.1, 0.15) is 18.3 Å². The zero-order valence-corrected chi connectivity index (χ0v) is 14.9. The second-order valence-corrected chi connectivity index (χ2v) is 7.76. The Hall–Kier alpha value is -2.08. The van der Waals surface area contributed by atoms with E-state index in [1.54, 1.807) is 17.2 Å². The first-order chi connectivity index (χ1) is 12.2. The lowest BCUT2D eigenvalue weighted by atomic mass is 9.92. The van der Waals surface area contributed by atoms with E-state index in [0.717, 1.165) is 30.6 Å². The van der Waals surface area contributed by atoms with Crippen LogP contribution in [0.1, 0.15) is 48.8 Å². The molecule has 1 aliphatic carbocycles. The van der Waals surface area contributed by atoms with Crippen LogP contribution < -0.4 is 0 Å². The lowest BCUT2D eigenvalue weighted by Gasteiger charge is -2.43. The summed E-state index contributed by atoms with van der Waals surface area (Å²) < 4.78 is 5.41. The maximum atomic E-state index is 13.3. The molecule has 25 heavy (non-hydrogen) atoms. The number of carbonyl (C=O) groups excluding carboxylic acids is 2. The maximum absolute atomic E-state index is 13.3. The van der Waals surface area contributed by atoms with Gasteiger partial charge >= 0.3 is 0 Å². The van der Waals surface area contributed by atoms with E-state index in [4.69, 9.17) is 4.42 Å². The molecule has 1 saturated heterocycles. The molecule has 5 nitrogen and oxygen atoms in total. The SMILES string of the molecule is O=C1[C@H](c2cccs2)N(Cc2ccco2)C(=O)CN1C1CCCCC1. The minimum Gasteiger partial charge on any atom is -0.467 e. The minimum atomic E-state index is -0.534. The summed E-state index contributed by atoms with van der Waals surface area (Å²) in [5.74, 6) is 0.759. The van der Waals surface area contributed by atoms with Crippen LogP contribution in [-0.4, -0.2) is 34.2 Å². The van der Waals surface area contributed by atoms with E-state index in [2.05, 4.69) is 0 Å². The molecule has 2 aromatic heterocycles. The van der Waals surface area contributed by atoms with Gasteiger partial charge in [0.2, 0.25) is 5.91 Å². The van der Waals surface area contributed by atoms with Crippen LogP contribution in [0.3, 0.4) is 0 Å². The Morgan fingerprint density at radius 2 is 1.96 bits per heavy atom. The fourth-order valence-electron chi connectivity index (χ4n) is 3.92. The summed E-state index contributed by atoms with van der Waals surface area (Å²) >= 11 is 1.53. The van der Waals surface area contributed by atoms with Gasteiger partial charge in [-0.2, -0.15) is 0 Å². The molecule has 0 radical (unpaired) electrons. The predicted octanol–water partition coefficient (Wildman–Crippen LogP) is 3.59. The van der Waals surface area contributed by atoms with Crippen LogP contribution in [0.15, 0.2) is 40.3 Å². The summed E-state index contributed by atoms with van der Waals surface area (Å²) in [5, 5.41) is 1.96. The van der Waals surface area contributed by atoms with Crippen molar-refractivity contribution in [2.24, 2.45) is 0 Å². The van der Waals surface area contributed by atoms with E-state index < -0.39 is 6.04 Å². The third-order valence-electron chi connectivity index (χ3n) is 5.19. The minimum absolute atomic E-state index is 0.0000246. The van der Waals surface area contributed by atoms with Crippen molar-refractivity contribution in [2.75, 3.05) is 6.54 Å². The van der Waals surface area contributed by atoms with E-state index in [-0.39, 0.29) is 24.4 Å². The number of hydrogen-bond donors (Lipinski definition) is 0. The molecule has 0 bridgehead atoms. The molecule has 6 heteroatoms. The smallest absolute Gasteiger partial charge is 0.251 e. The number of nitrogens with zero attached hydrogens (tertiary/aromatic N) is 2.